The van der Waals surface area contributed by atoms with Crippen LogP contribution in [0.15, 0.2) is 12.4 Å². The molecule has 23 heavy (non-hydrogen) atoms. The second-order valence-electron chi connectivity index (χ2n) is 6.94. The van der Waals surface area contributed by atoms with Crippen LogP contribution < -0.4 is 10.6 Å². The van der Waals surface area contributed by atoms with E-state index in [9.17, 15) is 9.90 Å². The Bertz CT molecular complexity index is 512. The highest BCUT2D eigenvalue weighted by Crippen LogP contribution is 2.29. The van der Waals surface area contributed by atoms with Crippen LogP contribution in [0.5, 0.6) is 0 Å². The van der Waals surface area contributed by atoms with E-state index >= 15 is 0 Å². The van der Waals surface area contributed by atoms with Gasteiger partial charge in [0.25, 0.3) is 0 Å². The van der Waals surface area contributed by atoms with Crippen LogP contribution in [-0.2, 0) is 12.6 Å². The van der Waals surface area contributed by atoms with Gasteiger partial charge in [0.2, 0.25) is 0 Å². The smallest absolute Gasteiger partial charge is 0.315 e. The first kappa shape index (κ1) is 17.8. The lowest BCUT2D eigenvalue weighted by Crippen LogP contribution is -2.47. The number of aliphatic hydroxyl groups is 1. The third-order valence-corrected chi connectivity index (χ3v) is 4.82. The topological polar surface area (TPSA) is 79.2 Å². The minimum absolute atomic E-state index is 0.164. The average molecular weight is 322 g/mol. The molecule has 0 aromatic carbocycles. The zero-order chi connectivity index (χ0) is 16.9. The van der Waals surface area contributed by atoms with Crippen LogP contribution in [0, 0.1) is 5.92 Å². The number of amides is 2. The predicted octanol–water partition coefficient (Wildman–Crippen LogP) is 2.29. The van der Waals surface area contributed by atoms with Crippen LogP contribution >= 0.6 is 0 Å². The second-order valence-corrected chi connectivity index (χ2v) is 6.94. The summed E-state index contributed by atoms with van der Waals surface area (Å²) < 4.78 is 1.64. The molecule has 2 amide bonds. The number of rotatable bonds is 7. The summed E-state index contributed by atoms with van der Waals surface area (Å²) >= 11 is 0. The number of urea groups is 1. The fourth-order valence-corrected chi connectivity index (χ4v) is 3.31. The fourth-order valence-electron chi connectivity index (χ4n) is 3.31. The van der Waals surface area contributed by atoms with Crippen molar-refractivity contribution in [1.82, 2.24) is 20.4 Å². The second kappa shape index (κ2) is 7.81. The number of aromatic nitrogens is 2. The van der Waals surface area contributed by atoms with Crippen LogP contribution in [0.2, 0.25) is 0 Å². The van der Waals surface area contributed by atoms with Crippen LogP contribution in [0.1, 0.15) is 57.9 Å². The maximum absolute atomic E-state index is 12.1. The molecular weight excluding hydrogens is 292 g/mol. The highest BCUT2D eigenvalue weighted by Gasteiger charge is 2.29. The van der Waals surface area contributed by atoms with Gasteiger partial charge < -0.3 is 15.7 Å². The van der Waals surface area contributed by atoms with E-state index in [1.165, 1.54) is 32.1 Å². The summed E-state index contributed by atoms with van der Waals surface area (Å²) in [7, 11) is 1.80. The Balaban J connectivity index is 1.80. The Hall–Kier alpha value is -1.56. The SMILES string of the molecule is CCCCC1CCCC1NC(=O)NCC(C)(O)c1cnn(C)c1. The Morgan fingerprint density at radius 1 is 1.52 bits per heavy atom. The number of aryl methyl sites for hydroxylation is 1. The van der Waals surface area contributed by atoms with Gasteiger partial charge in [0.15, 0.2) is 0 Å². The Morgan fingerprint density at radius 2 is 2.30 bits per heavy atom. The molecule has 0 aliphatic heterocycles. The molecule has 1 aromatic rings. The molecule has 1 aliphatic carbocycles. The summed E-state index contributed by atoms with van der Waals surface area (Å²) in [5.74, 6) is 0.597. The van der Waals surface area contributed by atoms with E-state index in [0.717, 1.165) is 6.42 Å². The fraction of sp³-hybridized carbons (Fsp3) is 0.765. The Morgan fingerprint density at radius 3 is 2.96 bits per heavy atom. The molecule has 130 valence electrons. The summed E-state index contributed by atoms with van der Waals surface area (Å²) in [6, 6.07) is 0.0763. The van der Waals surface area contributed by atoms with Gasteiger partial charge in [0.05, 0.1) is 12.7 Å². The molecular formula is C17H30N4O2. The van der Waals surface area contributed by atoms with Crippen molar-refractivity contribution in [2.24, 2.45) is 13.0 Å². The maximum Gasteiger partial charge on any atom is 0.315 e. The Labute approximate surface area is 138 Å². The van der Waals surface area contributed by atoms with Crippen molar-refractivity contribution in [3.05, 3.63) is 18.0 Å². The first-order valence-corrected chi connectivity index (χ1v) is 8.68. The van der Waals surface area contributed by atoms with E-state index in [2.05, 4.69) is 22.7 Å². The summed E-state index contributed by atoms with van der Waals surface area (Å²) in [6.07, 6.45) is 10.4. The zero-order valence-corrected chi connectivity index (χ0v) is 14.5. The van der Waals surface area contributed by atoms with Crippen molar-refractivity contribution >= 4 is 6.03 Å². The van der Waals surface area contributed by atoms with Crippen molar-refractivity contribution in [1.29, 1.82) is 0 Å². The number of hydrogen-bond donors (Lipinski definition) is 3. The van der Waals surface area contributed by atoms with Crippen LogP contribution in [-0.4, -0.2) is 33.5 Å². The predicted molar refractivity (Wildman–Crippen MR) is 90.0 cm³/mol. The number of nitrogens with zero attached hydrogens (tertiary/aromatic N) is 2. The van der Waals surface area contributed by atoms with Gasteiger partial charge in [-0.25, -0.2) is 4.79 Å². The molecule has 6 heteroatoms. The van der Waals surface area contributed by atoms with Crippen molar-refractivity contribution in [3.63, 3.8) is 0 Å². The lowest BCUT2D eigenvalue weighted by Gasteiger charge is -2.25. The average Bonchev–Trinajstić information content (AvgIpc) is 3.12. The molecule has 3 atom stereocenters. The van der Waals surface area contributed by atoms with Gasteiger partial charge in [-0.15, -0.1) is 0 Å². The highest BCUT2D eigenvalue weighted by molar-refractivity contribution is 5.74. The van der Waals surface area contributed by atoms with Gasteiger partial charge in [-0.2, -0.15) is 5.10 Å². The molecule has 0 spiro atoms. The summed E-state index contributed by atoms with van der Waals surface area (Å²) in [5, 5.41) is 20.4. The summed E-state index contributed by atoms with van der Waals surface area (Å²) in [4.78, 5) is 12.1. The van der Waals surface area contributed by atoms with Crippen LogP contribution in [0.3, 0.4) is 0 Å². The van der Waals surface area contributed by atoms with E-state index in [1.54, 1.807) is 31.0 Å². The van der Waals surface area contributed by atoms with Gasteiger partial charge in [0.1, 0.15) is 5.60 Å². The molecule has 3 N–H and O–H groups in total. The number of carbonyl (C=O) groups excluding carboxylic acids is 1. The van der Waals surface area contributed by atoms with Crippen molar-refractivity contribution < 1.29 is 9.90 Å². The molecule has 1 aromatic heterocycles. The molecule has 6 nitrogen and oxygen atoms in total. The third kappa shape index (κ3) is 4.96. The molecule has 3 unspecified atom stereocenters. The molecule has 0 saturated heterocycles. The quantitative estimate of drug-likeness (QED) is 0.720. The van der Waals surface area contributed by atoms with E-state index < -0.39 is 5.60 Å². The van der Waals surface area contributed by atoms with Gasteiger partial charge >= 0.3 is 6.03 Å². The van der Waals surface area contributed by atoms with E-state index in [4.69, 9.17) is 0 Å². The zero-order valence-electron chi connectivity index (χ0n) is 14.5. The van der Waals surface area contributed by atoms with Crippen LogP contribution in [0.25, 0.3) is 0 Å². The maximum atomic E-state index is 12.1. The minimum Gasteiger partial charge on any atom is -0.383 e. The first-order valence-electron chi connectivity index (χ1n) is 8.68. The van der Waals surface area contributed by atoms with E-state index in [-0.39, 0.29) is 18.6 Å². The largest absolute Gasteiger partial charge is 0.383 e. The molecule has 0 radical (unpaired) electrons. The monoisotopic (exact) mass is 322 g/mol. The van der Waals surface area contributed by atoms with Gasteiger partial charge in [-0.05, 0) is 32.1 Å². The Kier molecular flexibility index (Phi) is 6.04. The number of unbranched alkanes of at least 4 members (excludes halogenated alkanes) is 1. The third-order valence-electron chi connectivity index (χ3n) is 4.82. The van der Waals surface area contributed by atoms with Gasteiger partial charge in [-0.1, -0.05) is 26.2 Å². The number of carbonyl (C=O) groups is 1. The summed E-state index contributed by atoms with van der Waals surface area (Å²) in [5.41, 5.74) is -0.426. The van der Waals surface area contributed by atoms with Gasteiger partial charge in [-0.3, -0.25) is 4.68 Å². The molecule has 1 saturated carbocycles. The van der Waals surface area contributed by atoms with Crippen molar-refractivity contribution in [2.45, 2.75) is 64.0 Å². The molecule has 1 fully saturated rings. The lowest BCUT2D eigenvalue weighted by molar-refractivity contribution is 0.0591. The molecule has 2 rings (SSSR count). The molecule has 0 bridgehead atoms. The van der Waals surface area contributed by atoms with E-state index in [1.807, 2.05) is 0 Å². The molecule has 1 heterocycles. The lowest BCUT2D eigenvalue weighted by atomic mass is 9.97. The first-order chi connectivity index (χ1) is 10.9. The van der Waals surface area contributed by atoms with Gasteiger partial charge in [0, 0.05) is 24.8 Å². The summed E-state index contributed by atoms with van der Waals surface area (Å²) in [6.45, 7) is 4.05. The number of hydrogen-bond acceptors (Lipinski definition) is 3. The normalized spacial score (nSPS) is 23.5. The number of nitrogens with one attached hydrogen (secondary N) is 2. The van der Waals surface area contributed by atoms with E-state index in [0.29, 0.717) is 11.5 Å². The van der Waals surface area contributed by atoms with Crippen molar-refractivity contribution in [2.75, 3.05) is 6.54 Å². The standard InChI is InChI=1S/C17H30N4O2/c1-4-5-7-13-8-6-9-15(13)20-16(22)18-12-17(2,23)14-10-19-21(3)11-14/h10-11,13,15,23H,4-9,12H2,1-3H3,(H2,18,20,22). The van der Waals surface area contributed by atoms with Crippen molar-refractivity contribution in [3.8, 4) is 0 Å². The van der Waals surface area contributed by atoms with Crippen LogP contribution in [0.4, 0.5) is 4.79 Å². The molecule has 1 aliphatic rings. The highest BCUT2D eigenvalue weighted by atomic mass is 16.3. The minimum atomic E-state index is -1.12.